The molecule has 0 unspecified atom stereocenters. The standard InChI is InChI=1S/C7H14N.Re/c1-7(2)8-5-3-4-6-8;/h3,7H,4-6H2,1-2H3;/q-1;. The minimum Gasteiger partial charge on any atom is -0.333 e. The Morgan fingerprint density at radius 2 is 2.11 bits per heavy atom. The van der Waals surface area contributed by atoms with Gasteiger partial charge in [-0.3, -0.25) is 0 Å². The summed E-state index contributed by atoms with van der Waals surface area (Å²) < 4.78 is 0. The van der Waals surface area contributed by atoms with Crippen molar-refractivity contribution in [2.45, 2.75) is 26.3 Å². The Morgan fingerprint density at radius 1 is 1.44 bits per heavy atom. The van der Waals surface area contributed by atoms with Gasteiger partial charge in [0.25, 0.3) is 0 Å². The van der Waals surface area contributed by atoms with Crippen molar-refractivity contribution in [3.05, 3.63) is 6.42 Å². The molecule has 55 valence electrons. The number of hydrogen-bond donors (Lipinski definition) is 0. The topological polar surface area (TPSA) is 3.24 Å². The van der Waals surface area contributed by atoms with Crippen molar-refractivity contribution in [3.8, 4) is 0 Å². The van der Waals surface area contributed by atoms with Crippen LogP contribution in [0.2, 0.25) is 0 Å². The van der Waals surface area contributed by atoms with Gasteiger partial charge < -0.3 is 11.3 Å². The zero-order chi connectivity index (χ0) is 5.98. The molecule has 2 heteroatoms. The molecule has 0 aromatic carbocycles. The van der Waals surface area contributed by atoms with Crippen LogP contribution in [0.5, 0.6) is 0 Å². The van der Waals surface area contributed by atoms with Crippen molar-refractivity contribution in [1.82, 2.24) is 4.90 Å². The Hall–Kier alpha value is 0.622. The van der Waals surface area contributed by atoms with Crippen LogP contribution in [0.1, 0.15) is 20.3 Å². The maximum absolute atomic E-state index is 2.47. The molecule has 1 rings (SSSR count). The molecule has 1 aliphatic heterocycles. The van der Waals surface area contributed by atoms with Gasteiger partial charge in [0.15, 0.2) is 0 Å². The molecular formula is C7H14NRe-. The van der Waals surface area contributed by atoms with E-state index in [1.165, 1.54) is 19.5 Å². The Bertz CT molecular complexity index is 67.3. The number of likely N-dealkylation sites (tertiary alicyclic amines) is 1. The molecule has 0 aromatic rings. The van der Waals surface area contributed by atoms with Crippen molar-refractivity contribution in [1.29, 1.82) is 0 Å². The first kappa shape index (κ1) is 9.62. The summed E-state index contributed by atoms with van der Waals surface area (Å²) in [4.78, 5) is 2.47. The van der Waals surface area contributed by atoms with Crippen LogP contribution in [0.15, 0.2) is 0 Å². The number of hydrogen-bond acceptors (Lipinski definition) is 1. The third kappa shape index (κ3) is 2.80. The van der Waals surface area contributed by atoms with Crippen LogP contribution < -0.4 is 0 Å². The zero-order valence-electron chi connectivity index (χ0n) is 6.10. The normalized spacial score (nSPS) is 20.3. The monoisotopic (exact) mass is 299 g/mol. The molecule has 0 spiro atoms. The van der Waals surface area contributed by atoms with E-state index in [-0.39, 0.29) is 20.4 Å². The molecule has 1 heterocycles. The molecule has 1 aliphatic rings. The average Bonchev–Trinajstić information content (AvgIpc) is 2.12. The summed E-state index contributed by atoms with van der Waals surface area (Å²) in [7, 11) is 0. The van der Waals surface area contributed by atoms with Gasteiger partial charge in [-0.1, -0.05) is 0 Å². The first-order valence-corrected chi connectivity index (χ1v) is 3.36. The fraction of sp³-hybridized carbons (Fsp3) is 0.857. The van der Waals surface area contributed by atoms with Gasteiger partial charge in [-0.25, -0.2) is 0 Å². The van der Waals surface area contributed by atoms with Crippen LogP contribution in [0.25, 0.3) is 0 Å². The average molecular weight is 298 g/mol. The second-order valence-electron chi connectivity index (χ2n) is 2.67. The van der Waals surface area contributed by atoms with Gasteiger partial charge >= 0.3 is 0 Å². The number of rotatable bonds is 1. The van der Waals surface area contributed by atoms with E-state index in [9.17, 15) is 0 Å². The number of nitrogens with zero attached hydrogens (tertiary/aromatic N) is 1. The van der Waals surface area contributed by atoms with Gasteiger partial charge in [-0.15, -0.1) is 6.54 Å². The summed E-state index contributed by atoms with van der Waals surface area (Å²) in [5.74, 6) is 0. The van der Waals surface area contributed by atoms with Gasteiger partial charge in [0.2, 0.25) is 0 Å². The Labute approximate surface area is 71.5 Å². The van der Waals surface area contributed by atoms with Gasteiger partial charge in [0, 0.05) is 26.5 Å². The van der Waals surface area contributed by atoms with Gasteiger partial charge in [-0.05, 0) is 20.4 Å². The van der Waals surface area contributed by atoms with Crippen LogP contribution in [-0.4, -0.2) is 24.0 Å². The van der Waals surface area contributed by atoms with E-state index in [1.807, 2.05) is 0 Å². The minimum atomic E-state index is 0. The summed E-state index contributed by atoms with van der Waals surface area (Å²) in [6, 6.07) is 0.744. The molecule has 9 heavy (non-hydrogen) atoms. The molecule has 1 radical (unpaired) electrons. The molecule has 1 nitrogen and oxygen atoms in total. The third-order valence-corrected chi connectivity index (χ3v) is 1.71. The van der Waals surface area contributed by atoms with Crippen LogP contribution in [0.4, 0.5) is 0 Å². The van der Waals surface area contributed by atoms with Gasteiger partial charge in [0.1, 0.15) is 0 Å². The molecule has 0 bridgehead atoms. The first-order chi connectivity index (χ1) is 3.80. The maximum Gasteiger partial charge on any atom is 0.000904 e. The molecule has 0 aliphatic carbocycles. The quantitative estimate of drug-likeness (QED) is 0.660. The van der Waals surface area contributed by atoms with Crippen molar-refractivity contribution in [3.63, 3.8) is 0 Å². The smallest absolute Gasteiger partial charge is 0.000904 e. The van der Waals surface area contributed by atoms with Gasteiger partial charge in [-0.2, -0.15) is 6.42 Å². The molecular weight excluding hydrogens is 284 g/mol. The summed E-state index contributed by atoms with van der Waals surface area (Å²) in [6.07, 6.45) is 3.64. The van der Waals surface area contributed by atoms with Crippen molar-refractivity contribution < 1.29 is 20.4 Å². The predicted molar refractivity (Wildman–Crippen MR) is 35.6 cm³/mol. The summed E-state index contributed by atoms with van der Waals surface area (Å²) in [6.45, 7) is 6.98. The van der Waals surface area contributed by atoms with Crippen molar-refractivity contribution in [2.24, 2.45) is 0 Å². The van der Waals surface area contributed by atoms with E-state index in [1.54, 1.807) is 0 Å². The van der Waals surface area contributed by atoms with E-state index in [2.05, 4.69) is 25.2 Å². The second kappa shape index (κ2) is 4.44. The fourth-order valence-corrected chi connectivity index (χ4v) is 1.07. The third-order valence-electron chi connectivity index (χ3n) is 1.71. The van der Waals surface area contributed by atoms with E-state index in [4.69, 9.17) is 0 Å². The van der Waals surface area contributed by atoms with E-state index in [0.717, 1.165) is 6.04 Å². The Morgan fingerprint density at radius 3 is 2.33 bits per heavy atom. The fourth-order valence-electron chi connectivity index (χ4n) is 1.07. The van der Waals surface area contributed by atoms with E-state index >= 15 is 0 Å². The van der Waals surface area contributed by atoms with Crippen LogP contribution >= 0.6 is 0 Å². The molecule has 0 aromatic heterocycles. The molecule has 0 saturated carbocycles. The Kier molecular flexibility index (Phi) is 4.75. The molecule has 0 atom stereocenters. The summed E-state index contributed by atoms with van der Waals surface area (Å²) >= 11 is 0. The summed E-state index contributed by atoms with van der Waals surface area (Å²) in [5.41, 5.74) is 0. The van der Waals surface area contributed by atoms with Crippen LogP contribution in [0, 0.1) is 6.42 Å². The van der Waals surface area contributed by atoms with Crippen LogP contribution in [0.3, 0.4) is 0 Å². The molecule has 1 saturated heterocycles. The van der Waals surface area contributed by atoms with Crippen LogP contribution in [-0.2, 0) is 20.4 Å². The summed E-state index contributed by atoms with van der Waals surface area (Å²) in [5, 5.41) is 0. The zero-order valence-corrected chi connectivity index (χ0v) is 8.82. The minimum absolute atomic E-state index is 0. The largest absolute Gasteiger partial charge is 0.333 e. The molecule has 0 amide bonds. The van der Waals surface area contributed by atoms with E-state index < -0.39 is 0 Å². The van der Waals surface area contributed by atoms with Crippen molar-refractivity contribution >= 4 is 0 Å². The predicted octanol–water partition coefficient (Wildman–Crippen LogP) is 1.30. The second-order valence-corrected chi connectivity index (χ2v) is 2.67. The first-order valence-electron chi connectivity index (χ1n) is 3.36. The molecule has 0 N–H and O–H groups in total. The maximum atomic E-state index is 2.47. The SMILES string of the molecule is CC(C)N1C[CH-]CC1.[Re]. The van der Waals surface area contributed by atoms with E-state index in [0.29, 0.717) is 0 Å². The van der Waals surface area contributed by atoms with Gasteiger partial charge in [0.05, 0.1) is 0 Å². The van der Waals surface area contributed by atoms with Crippen molar-refractivity contribution in [2.75, 3.05) is 13.1 Å². The molecule has 1 fully saturated rings. The Balaban J connectivity index is 0.000000640.